The zero-order valence-corrected chi connectivity index (χ0v) is 8.52. The van der Waals surface area contributed by atoms with E-state index in [4.69, 9.17) is 5.11 Å². The van der Waals surface area contributed by atoms with E-state index in [1.165, 1.54) is 0 Å². The van der Waals surface area contributed by atoms with Crippen molar-refractivity contribution in [3.05, 3.63) is 54.6 Å². The minimum atomic E-state index is -0.902. The van der Waals surface area contributed by atoms with Gasteiger partial charge in [-0.25, -0.2) is 4.79 Å². The Labute approximate surface area is 89.6 Å². The van der Waals surface area contributed by atoms with Crippen molar-refractivity contribution in [2.24, 2.45) is 0 Å². The monoisotopic (exact) mass is 202 g/mol. The topological polar surface area (TPSA) is 37.3 Å². The Morgan fingerprint density at radius 3 is 2.60 bits per heavy atom. The molecule has 0 amide bonds. The average molecular weight is 202 g/mol. The first-order chi connectivity index (χ1) is 7.20. The van der Waals surface area contributed by atoms with Gasteiger partial charge in [0.2, 0.25) is 0 Å². The van der Waals surface area contributed by atoms with Crippen LogP contribution in [-0.4, -0.2) is 11.1 Å². The molecule has 78 valence electrons. The standard InChI is InChI=1S/C13H14O2/c1-11(7-5-6-10-13(14)15)12-8-3-2-4-9-12/h2-4,6,8-10H,1,5,7H2,(H,14,15). The molecule has 0 unspecified atom stereocenters. The molecule has 0 aliphatic rings. The molecule has 0 radical (unpaired) electrons. The van der Waals surface area contributed by atoms with Crippen LogP contribution in [0.25, 0.3) is 5.57 Å². The fourth-order valence-electron chi connectivity index (χ4n) is 1.26. The van der Waals surface area contributed by atoms with Crippen LogP contribution in [0.15, 0.2) is 49.1 Å². The number of carboxylic acid groups (broad SMARTS) is 1. The van der Waals surface area contributed by atoms with Gasteiger partial charge in [-0.1, -0.05) is 43.0 Å². The lowest BCUT2D eigenvalue weighted by Crippen LogP contribution is -1.86. The van der Waals surface area contributed by atoms with Gasteiger partial charge in [0.05, 0.1) is 0 Å². The molecule has 0 aliphatic heterocycles. The maximum absolute atomic E-state index is 10.2. The Morgan fingerprint density at radius 2 is 2.00 bits per heavy atom. The molecule has 0 spiro atoms. The first-order valence-electron chi connectivity index (χ1n) is 4.83. The lowest BCUT2D eigenvalue weighted by molar-refractivity contribution is -0.131. The summed E-state index contributed by atoms with van der Waals surface area (Å²) in [7, 11) is 0. The van der Waals surface area contributed by atoms with Crippen molar-refractivity contribution in [3.8, 4) is 0 Å². The van der Waals surface area contributed by atoms with Crippen molar-refractivity contribution in [1.82, 2.24) is 0 Å². The number of carbonyl (C=O) groups is 1. The van der Waals surface area contributed by atoms with Crippen molar-refractivity contribution in [2.75, 3.05) is 0 Å². The largest absolute Gasteiger partial charge is 0.478 e. The Balaban J connectivity index is 2.41. The molecule has 1 rings (SSSR count). The SMILES string of the molecule is C=C(CCC=CC(=O)O)c1ccccc1. The van der Waals surface area contributed by atoms with Crippen LogP contribution in [0.4, 0.5) is 0 Å². The molecule has 0 aliphatic carbocycles. The summed E-state index contributed by atoms with van der Waals surface area (Å²) in [6.45, 7) is 3.96. The Bertz CT molecular complexity index is 363. The molecule has 0 fully saturated rings. The Hall–Kier alpha value is -1.83. The Morgan fingerprint density at radius 1 is 1.33 bits per heavy atom. The predicted molar refractivity (Wildman–Crippen MR) is 61.5 cm³/mol. The highest BCUT2D eigenvalue weighted by Crippen LogP contribution is 2.17. The van der Waals surface area contributed by atoms with Gasteiger partial charge >= 0.3 is 5.97 Å². The second-order valence-electron chi connectivity index (χ2n) is 3.25. The van der Waals surface area contributed by atoms with Crippen LogP contribution in [0.1, 0.15) is 18.4 Å². The van der Waals surface area contributed by atoms with E-state index in [-0.39, 0.29) is 0 Å². The third-order valence-electron chi connectivity index (χ3n) is 2.06. The molecule has 1 N–H and O–H groups in total. The van der Waals surface area contributed by atoms with Crippen molar-refractivity contribution in [2.45, 2.75) is 12.8 Å². The average Bonchev–Trinajstić information content (AvgIpc) is 2.25. The fraction of sp³-hybridized carbons (Fsp3) is 0.154. The third-order valence-corrected chi connectivity index (χ3v) is 2.06. The van der Waals surface area contributed by atoms with Crippen LogP contribution in [0.5, 0.6) is 0 Å². The maximum Gasteiger partial charge on any atom is 0.327 e. The van der Waals surface area contributed by atoms with Crippen LogP contribution >= 0.6 is 0 Å². The van der Waals surface area contributed by atoms with Crippen molar-refractivity contribution in [1.29, 1.82) is 0 Å². The normalized spacial score (nSPS) is 10.4. The van der Waals surface area contributed by atoms with Gasteiger partial charge in [-0.15, -0.1) is 0 Å². The van der Waals surface area contributed by atoms with Gasteiger partial charge in [-0.05, 0) is 24.0 Å². The summed E-state index contributed by atoms with van der Waals surface area (Å²) in [5, 5.41) is 8.39. The summed E-state index contributed by atoms with van der Waals surface area (Å²) in [6, 6.07) is 9.90. The summed E-state index contributed by atoms with van der Waals surface area (Å²) in [4.78, 5) is 10.2. The zero-order chi connectivity index (χ0) is 11.1. The molecule has 0 atom stereocenters. The summed E-state index contributed by atoms with van der Waals surface area (Å²) in [5.41, 5.74) is 2.15. The smallest absolute Gasteiger partial charge is 0.327 e. The van der Waals surface area contributed by atoms with Gasteiger partial charge in [0.15, 0.2) is 0 Å². The van der Waals surface area contributed by atoms with Gasteiger partial charge in [-0.3, -0.25) is 0 Å². The van der Waals surface area contributed by atoms with Gasteiger partial charge in [0.1, 0.15) is 0 Å². The quantitative estimate of drug-likeness (QED) is 0.745. The number of carboxylic acids is 1. The van der Waals surface area contributed by atoms with E-state index in [1.807, 2.05) is 30.3 Å². The molecule has 0 aromatic heterocycles. The van der Waals surface area contributed by atoms with Crippen molar-refractivity contribution < 1.29 is 9.90 Å². The van der Waals surface area contributed by atoms with E-state index in [1.54, 1.807) is 6.08 Å². The number of allylic oxidation sites excluding steroid dienone is 2. The molecule has 0 heterocycles. The van der Waals surface area contributed by atoms with E-state index < -0.39 is 5.97 Å². The number of hydrogen-bond donors (Lipinski definition) is 1. The molecule has 1 aromatic carbocycles. The molecule has 15 heavy (non-hydrogen) atoms. The van der Waals surface area contributed by atoms with Crippen molar-refractivity contribution >= 4 is 11.5 Å². The van der Waals surface area contributed by atoms with Crippen LogP contribution in [0, 0.1) is 0 Å². The second kappa shape index (κ2) is 5.81. The third kappa shape index (κ3) is 4.27. The van der Waals surface area contributed by atoms with Crippen molar-refractivity contribution in [3.63, 3.8) is 0 Å². The molecule has 1 aromatic rings. The molecule has 2 nitrogen and oxygen atoms in total. The highest BCUT2D eigenvalue weighted by molar-refractivity contribution is 5.79. The second-order valence-corrected chi connectivity index (χ2v) is 3.25. The summed E-state index contributed by atoms with van der Waals surface area (Å²) in [5.74, 6) is -0.902. The zero-order valence-electron chi connectivity index (χ0n) is 8.52. The van der Waals surface area contributed by atoms with Crippen LogP contribution in [0.2, 0.25) is 0 Å². The highest BCUT2D eigenvalue weighted by atomic mass is 16.4. The summed E-state index contributed by atoms with van der Waals surface area (Å²) in [6.07, 6.45) is 4.31. The van der Waals surface area contributed by atoms with Crippen LogP contribution in [0.3, 0.4) is 0 Å². The predicted octanol–water partition coefficient (Wildman–Crippen LogP) is 3.12. The number of rotatable bonds is 5. The highest BCUT2D eigenvalue weighted by Gasteiger charge is 1.96. The molecule has 0 saturated heterocycles. The molecule has 0 saturated carbocycles. The number of aliphatic carboxylic acids is 1. The lowest BCUT2D eigenvalue weighted by Gasteiger charge is -2.02. The number of benzene rings is 1. The minimum absolute atomic E-state index is 0.708. The van der Waals surface area contributed by atoms with Crippen LogP contribution < -0.4 is 0 Å². The summed E-state index contributed by atoms with van der Waals surface area (Å²) < 4.78 is 0. The fourth-order valence-corrected chi connectivity index (χ4v) is 1.26. The summed E-state index contributed by atoms with van der Waals surface area (Å²) >= 11 is 0. The molecule has 2 heteroatoms. The van der Waals surface area contributed by atoms with E-state index >= 15 is 0 Å². The van der Waals surface area contributed by atoms with E-state index in [0.717, 1.165) is 23.6 Å². The maximum atomic E-state index is 10.2. The van der Waals surface area contributed by atoms with E-state index in [0.29, 0.717) is 6.42 Å². The molecular formula is C13H14O2. The van der Waals surface area contributed by atoms with Crippen LogP contribution in [-0.2, 0) is 4.79 Å². The lowest BCUT2D eigenvalue weighted by atomic mass is 10.0. The van der Waals surface area contributed by atoms with Gasteiger partial charge < -0.3 is 5.11 Å². The molecular weight excluding hydrogens is 188 g/mol. The van der Waals surface area contributed by atoms with Gasteiger partial charge in [0, 0.05) is 6.08 Å². The number of hydrogen-bond acceptors (Lipinski definition) is 1. The first kappa shape index (κ1) is 11.2. The van der Waals surface area contributed by atoms with Gasteiger partial charge in [0.25, 0.3) is 0 Å². The first-order valence-corrected chi connectivity index (χ1v) is 4.83. The van der Waals surface area contributed by atoms with E-state index in [9.17, 15) is 4.79 Å². The Kier molecular flexibility index (Phi) is 4.35. The minimum Gasteiger partial charge on any atom is -0.478 e. The van der Waals surface area contributed by atoms with E-state index in [2.05, 4.69) is 6.58 Å². The molecule has 0 bridgehead atoms. The van der Waals surface area contributed by atoms with Gasteiger partial charge in [-0.2, -0.15) is 0 Å².